The van der Waals surface area contributed by atoms with Crippen molar-refractivity contribution in [2.24, 2.45) is 0 Å². The predicted octanol–water partition coefficient (Wildman–Crippen LogP) is 3.43. The standard InChI is InChI=1S/C14H17O5P/c1-4-10-18-20(16,19-11-5-2)14(15)12-6-8-13(17-3)9-7-12/h4-9H,1-2,10-11H2,3H3. The van der Waals surface area contributed by atoms with Gasteiger partial charge in [0.05, 0.1) is 20.3 Å². The third-order valence-corrected chi connectivity index (χ3v) is 4.04. The Labute approximate surface area is 118 Å². The first-order valence-corrected chi connectivity index (χ1v) is 7.41. The number of methoxy groups -OCH3 is 1. The van der Waals surface area contributed by atoms with Crippen LogP contribution in [-0.2, 0) is 13.6 Å². The van der Waals surface area contributed by atoms with Gasteiger partial charge in [-0.2, -0.15) is 0 Å². The molecule has 0 radical (unpaired) electrons. The highest BCUT2D eigenvalue weighted by molar-refractivity contribution is 7.72. The van der Waals surface area contributed by atoms with Gasteiger partial charge in [-0.25, -0.2) is 0 Å². The molecule has 0 atom stereocenters. The van der Waals surface area contributed by atoms with E-state index in [9.17, 15) is 9.36 Å². The van der Waals surface area contributed by atoms with Crippen LogP contribution in [0.1, 0.15) is 10.4 Å². The number of hydrogen-bond donors (Lipinski definition) is 0. The van der Waals surface area contributed by atoms with E-state index < -0.39 is 13.1 Å². The van der Waals surface area contributed by atoms with Crippen molar-refractivity contribution < 1.29 is 23.1 Å². The molecule has 1 aromatic rings. The fourth-order valence-corrected chi connectivity index (χ4v) is 2.73. The zero-order valence-corrected chi connectivity index (χ0v) is 12.2. The maximum absolute atomic E-state index is 12.5. The molecule has 0 heterocycles. The van der Waals surface area contributed by atoms with Crippen LogP contribution in [0.5, 0.6) is 5.75 Å². The van der Waals surface area contributed by atoms with Crippen molar-refractivity contribution in [1.82, 2.24) is 0 Å². The highest BCUT2D eigenvalue weighted by Gasteiger charge is 2.35. The lowest BCUT2D eigenvalue weighted by Gasteiger charge is -2.15. The van der Waals surface area contributed by atoms with Crippen LogP contribution in [0.3, 0.4) is 0 Å². The van der Waals surface area contributed by atoms with Gasteiger partial charge in [-0.3, -0.25) is 18.4 Å². The maximum Gasteiger partial charge on any atom is 0.402 e. The Balaban J connectivity index is 2.98. The molecular formula is C14H17O5P. The van der Waals surface area contributed by atoms with E-state index in [0.29, 0.717) is 5.75 Å². The monoisotopic (exact) mass is 296 g/mol. The van der Waals surface area contributed by atoms with Gasteiger partial charge in [0, 0.05) is 5.56 Å². The number of carbonyl (C=O) groups excluding carboxylic acids is 1. The Hall–Kier alpha value is -1.68. The molecule has 0 bridgehead atoms. The molecule has 20 heavy (non-hydrogen) atoms. The molecule has 0 saturated carbocycles. The van der Waals surface area contributed by atoms with Crippen LogP contribution in [0.2, 0.25) is 0 Å². The first-order chi connectivity index (χ1) is 9.57. The lowest BCUT2D eigenvalue weighted by molar-refractivity contribution is 0.101. The minimum Gasteiger partial charge on any atom is -0.497 e. The topological polar surface area (TPSA) is 61.8 Å². The van der Waals surface area contributed by atoms with Gasteiger partial charge in [0.1, 0.15) is 5.75 Å². The van der Waals surface area contributed by atoms with Crippen LogP contribution in [0.4, 0.5) is 0 Å². The normalized spacial score (nSPS) is 10.8. The molecule has 5 nitrogen and oxygen atoms in total. The van der Waals surface area contributed by atoms with Crippen LogP contribution in [0, 0.1) is 0 Å². The Morgan fingerprint density at radius 2 is 1.65 bits per heavy atom. The van der Waals surface area contributed by atoms with Gasteiger partial charge >= 0.3 is 7.60 Å². The third kappa shape index (κ3) is 4.17. The number of hydrogen-bond acceptors (Lipinski definition) is 5. The predicted molar refractivity (Wildman–Crippen MR) is 77.2 cm³/mol. The molecule has 0 aromatic heterocycles. The summed E-state index contributed by atoms with van der Waals surface area (Å²) in [6, 6.07) is 6.20. The SMILES string of the molecule is C=CCOP(=O)(OCC=C)C(=O)c1ccc(OC)cc1. The van der Waals surface area contributed by atoms with Crippen molar-refractivity contribution in [3.8, 4) is 5.75 Å². The first-order valence-electron chi connectivity index (χ1n) is 5.87. The van der Waals surface area contributed by atoms with Gasteiger partial charge in [0.25, 0.3) is 5.52 Å². The molecule has 0 amide bonds. The summed E-state index contributed by atoms with van der Waals surface area (Å²) in [4.78, 5) is 12.3. The van der Waals surface area contributed by atoms with Crippen LogP contribution in [-0.4, -0.2) is 25.8 Å². The molecule has 0 fully saturated rings. The van der Waals surface area contributed by atoms with Crippen LogP contribution < -0.4 is 4.74 Å². The molecule has 0 saturated heterocycles. The Morgan fingerprint density at radius 3 is 2.05 bits per heavy atom. The van der Waals surface area contributed by atoms with Gasteiger partial charge in [-0.05, 0) is 24.3 Å². The summed E-state index contributed by atoms with van der Waals surface area (Å²) in [6.07, 6.45) is 2.79. The third-order valence-electron chi connectivity index (χ3n) is 2.31. The average molecular weight is 296 g/mol. The lowest BCUT2D eigenvalue weighted by Crippen LogP contribution is -2.08. The molecule has 1 rings (SSSR count). The molecule has 0 aliphatic rings. The first kappa shape index (κ1) is 16.4. The minimum atomic E-state index is -3.91. The van der Waals surface area contributed by atoms with Gasteiger partial charge < -0.3 is 4.74 Å². The summed E-state index contributed by atoms with van der Waals surface area (Å²) >= 11 is 0. The second-order valence-electron chi connectivity index (χ2n) is 3.70. The van der Waals surface area contributed by atoms with E-state index in [-0.39, 0.29) is 18.8 Å². The summed E-state index contributed by atoms with van der Waals surface area (Å²) < 4.78 is 27.5. The summed E-state index contributed by atoms with van der Waals surface area (Å²) in [5.41, 5.74) is -0.480. The van der Waals surface area contributed by atoms with E-state index in [0.717, 1.165) is 0 Å². The quantitative estimate of drug-likeness (QED) is 0.516. The number of ether oxygens (including phenoxy) is 1. The number of rotatable bonds is 9. The molecule has 108 valence electrons. The van der Waals surface area contributed by atoms with Crippen LogP contribution >= 0.6 is 7.60 Å². The molecule has 0 unspecified atom stereocenters. The van der Waals surface area contributed by atoms with Crippen molar-refractivity contribution in [2.75, 3.05) is 20.3 Å². The van der Waals surface area contributed by atoms with E-state index in [2.05, 4.69) is 13.2 Å². The fourth-order valence-electron chi connectivity index (χ4n) is 1.35. The molecule has 0 aliphatic carbocycles. The van der Waals surface area contributed by atoms with Crippen LogP contribution in [0.25, 0.3) is 0 Å². The fraction of sp³-hybridized carbons (Fsp3) is 0.214. The van der Waals surface area contributed by atoms with Crippen molar-refractivity contribution in [3.05, 3.63) is 55.1 Å². The van der Waals surface area contributed by atoms with E-state index in [1.54, 1.807) is 12.1 Å². The zero-order valence-electron chi connectivity index (χ0n) is 11.3. The molecule has 0 aliphatic heterocycles. The van der Waals surface area contributed by atoms with Gasteiger partial charge in [0.2, 0.25) is 0 Å². The Bertz CT molecular complexity index is 505. The van der Waals surface area contributed by atoms with Crippen LogP contribution in [0.15, 0.2) is 49.6 Å². The Kier molecular flexibility index (Phi) is 6.39. The second kappa shape index (κ2) is 7.80. The van der Waals surface area contributed by atoms with E-state index in [1.807, 2.05) is 0 Å². The molecule has 6 heteroatoms. The molecule has 0 spiro atoms. The van der Waals surface area contributed by atoms with E-state index in [1.165, 1.54) is 31.4 Å². The van der Waals surface area contributed by atoms with Gasteiger partial charge in [0.15, 0.2) is 0 Å². The maximum atomic E-state index is 12.5. The lowest BCUT2D eigenvalue weighted by atomic mass is 10.2. The van der Waals surface area contributed by atoms with Gasteiger partial charge in [-0.1, -0.05) is 12.2 Å². The summed E-state index contributed by atoms with van der Waals surface area (Å²) in [5.74, 6) is 0.593. The smallest absolute Gasteiger partial charge is 0.402 e. The van der Waals surface area contributed by atoms with Crippen molar-refractivity contribution >= 4 is 13.1 Å². The minimum absolute atomic E-state index is 0.0453. The summed E-state index contributed by atoms with van der Waals surface area (Å²) in [7, 11) is -2.40. The van der Waals surface area contributed by atoms with Crippen molar-refractivity contribution in [3.63, 3.8) is 0 Å². The number of carbonyl (C=O) groups is 1. The zero-order chi connectivity index (χ0) is 15.0. The van der Waals surface area contributed by atoms with Crippen molar-refractivity contribution in [2.45, 2.75) is 0 Å². The van der Waals surface area contributed by atoms with Gasteiger partial charge in [-0.15, -0.1) is 13.2 Å². The summed E-state index contributed by atoms with van der Waals surface area (Å²) in [5, 5.41) is 0. The molecular weight excluding hydrogens is 279 g/mol. The highest BCUT2D eigenvalue weighted by Crippen LogP contribution is 2.51. The summed E-state index contributed by atoms with van der Waals surface area (Å²) in [6.45, 7) is 6.81. The second-order valence-corrected chi connectivity index (χ2v) is 5.62. The van der Waals surface area contributed by atoms with Crippen molar-refractivity contribution in [1.29, 1.82) is 0 Å². The molecule has 0 N–H and O–H groups in total. The number of benzene rings is 1. The van der Waals surface area contributed by atoms with E-state index >= 15 is 0 Å². The largest absolute Gasteiger partial charge is 0.497 e. The highest BCUT2D eigenvalue weighted by atomic mass is 31.2. The average Bonchev–Trinajstić information content (AvgIpc) is 2.50. The van der Waals surface area contributed by atoms with E-state index in [4.69, 9.17) is 13.8 Å². The Morgan fingerprint density at radius 1 is 1.15 bits per heavy atom. The molecule has 1 aromatic carbocycles.